The van der Waals surface area contributed by atoms with Crippen molar-refractivity contribution in [1.82, 2.24) is 0 Å². The van der Waals surface area contributed by atoms with E-state index in [4.69, 9.17) is 0 Å². The highest BCUT2D eigenvalue weighted by Gasteiger charge is 2.26. The zero-order chi connectivity index (χ0) is 15.9. The normalized spacial score (nSPS) is 22.2. The Morgan fingerprint density at radius 3 is 2.27 bits per heavy atom. The van der Waals surface area contributed by atoms with E-state index in [9.17, 15) is 13.2 Å². The molecule has 0 aromatic heterocycles. The maximum Gasteiger partial charge on any atom is 0.169 e. The second kappa shape index (κ2) is 5.94. The number of fused-ring (bicyclic) bond motifs is 1. The fourth-order valence-corrected chi connectivity index (χ4v) is 3.68. The molecule has 118 valence electrons. The first-order chi connectivity index (χ1) is 10.5. The van der Waals surface area contributed by atoms with Crippen LogP contribution in [0.1, 0.15) is 56.1 Å². The highest BCUT2D eigenvalue weighted by Crippen LogP contribution is 2.40. The Balaban J connectivity index is 2.05. The number of benzene rings is 2. The van der Waals surface area contributed by atoms with Crippen molar-refractivity contribution in [2.24, 2.45) is 5.92 Å². The van der Waals surface area contributed by atoms with E-state index in [0.29, 0.717) is 22.4 Å². The first-order valence-corrected chi connectivity index (χ1v) is 8.09. The molecule has 0 atom stereocenters. The maximum atomic E-state index is 14.5. The summed E-state index contributed by atoms with van der Waals surface area (Å²) in [6.45, 7) is 3.73. The summed E-state index contributed by atoms with van der Waals surface area (Å²) in [6, 6.07) is 4.94. The van der Waals surface area contributed by atoms with Gasteiger partial charge in [-0.15, -0.1) is 0 Å². The number of hydrogen-bond donors (Lipinski definition) is 0. The van der Waals surface area contributed by atoms with Crippen molar-refractivity contribution < 1.29 is 13.2 Å². The minimum Gasteiger partial charge on any atom is -0.206 e. The molecule has 0 aliphatic heterocycles. The van der Waals surface area contributed by atoms with Crippen LogP contribution in [0.2, 0.25) is 0 Å². The summed E-state index contributed by atoms with van der Waals surface area (Å²) in [6.07, 6.45) is 5.03. The molecule has 0 saturated heterocycles. The van der Waals surface area contributed by atoms with E-state index in [1.807, 2.05) is 0 Å². The van der Waals surface area contributed by atoms with Gasteiger partial charge in [-0.1, -0.05) is 25.5 Å². The van der Waals surface area contributed by atoms with E-state index in [0.717, 1.165) is 32.1 Å². The molecule has 0 bridgehead atoms. The number of rotatable bonds is 2. The molecule has 1 fully saturated rings. The molecule has 1 saturated carbocycles. The average Bonchev–Trinajstić information content (AvgIpc) is 2.54. The Hall–Kier alpha value is -1.51. The van der Waals surface area contributed by atoms with Gasteiger partial charge in [0.25, 0.3) is 0 Å². The van der Waals surface area contributed by atoms with Crippen LogP contribution in [0.3, 0.4) is 0 Å². The molecular formula is C19H21F3. The minimum absolute atomic E-state index is 0.0473. The molecule has 2 aromatic carbocycles. The van der Waals surface area contributed by atoms with E-state index >= 15 is 0 Å². The summed E-state index contributed by atoms with van der Waals surface area (Å²) in [5.41, 5.74) is 0.754. The molecule has 3 heteroatoms. The molecule has 0 nitrogen and oxygen atoms in total. The summed E-state index contributed by atoms with van der Waals surface area (Å²) in [5.74, 6) is -1.81. The van der Waals surface area contributed by atoms with E-state index in [2.05, 4.69) is 6.92 Å². The molecule has 3 rings (SSSR count). The lowest BCUT2D eigenvalue weighted by Gasteiger charge is -2.28. The Kier molecular flexibility index (Phi) is 4.16. The Labute approximate surface area is 129 Å². The summed E-state index contributed by atoms with van der Waals surface area (Å²) < 4.78 is 43.0. The van der Waals surface area contributed by atoms with Crippen LogP contribution < -0.4 is 0 Å². The van der Waals surface area contributed by atoms with Gasteiger partial charge in [0.1, 0.15) is 5.82 Å². The van der Waals surface area contributed by atoms with Crippen LogP contribution in [0.5, 0.6) is 0 Å². The molecule has 0 heterocycles. The molecule has 0 radical (unpaired) electrons. The van der Waals surface area contributed by atoms with Crippen LogP contribution in [0, 0.1) is 30.3 Å². The number of aryl methyl sites for hydroxylation is 1. The Morgan fingerprint density at radius 1 is 0.955 bits per heavy atom. The van der Waals surface area contributed by atoms with Gasteiger partial charge in [-0.2, -0.15) is 0 Å². The molecule has 2 aromatic rings. The van der Waals surface area contributed by atoms with Gasteiger partial charge in [-0.05, 0) is 67.0 Å². The number of hydrogen-bond acceptors (Lipinski definition) is 0. The van der Waals surface area contributed by atoms with E-state index in [-0.39, 0.29) is 11.3 Å². The molecule has 0 N–H and O–H groups in total. The maximum absolute atomic E-state index is 14.5. The predicted octanol–water partition coefficient (Wildman–Crippen LogP) is 6.25. The molecule has 0 amide bonds. The van der Waals surface area contributed by atoms with Crippen molar-refractivity contribution in [3.8, 4) is 0 Å². The summed E-state index contributed by atoms with van der Waals surface area (Å²) in [7, 11) is 0. The first kappa shape index (κ1) is 15.4. The monoisotopic (exact) mass is 306 g/mol. The Morgan fingerprint density at radius 2 is 1.64 bits per heavy atom. The lowest BCUT2D eigenvalue weighted by atomic mass is 9.77. The van der Waals surface area contributed by atoms with Crippen molar-refractivity contribution in [2.45, 2.75) is 51.9 Å². The van der Waals surface area contributed by atoms with Crippen LogP contribution >= 0.6 is 0 Å². The Bertz CT molecular complexity index is 698. The molecule has 0 unspecified atom stereocenters. The lowest BCUT2D eigenvalue weighted by Crippen LogP contribution is -2.14. The van der Waals surface area contributed by atoms with Gasteiger partial charge < -0.3 is 0 Å². The van der Waals surface area contributed by atoms with Gasteiger partial charge >= 0.3 is 0 Å². The van der Waals surface area contributed by atoms with Gasteiger partial charge in [-0.25, -0.2) is 13.2 Å². The summed E-state index contributed by atoms with van der Waals surface area (Å²) >= 11 is 0. The zero-order valence-corrected chi connectivity index (χ0v) is 13.1. The minimum atomic E-state index is -1.04. The van der Waals surface area contributed by atoms with Crippen LogP contribution in [0.15, 0.2) is 18.2 Å². The molecule has 0 spiro atoms. The third kappa shape index (κ3) is 2.51. The topological polar surface area (TPSA) is 0 Å². The van der Waals surface area contributed by atoms with Crippen molar-refractivity contribution in [1.29, 1.82) is 0 Å². The van der Waals surface area contributed by atoms with E-state index in [1.165, 1.54) is 0 Å². The second-order valence-corrected chi connectivity index (χ2v) is 6.51. The number of halogens is 3. The highest BCUT2D eigenvalue weighted by molar-refractivity contribution is 5.85. The molecule has 22 heavy (non-hydrogen) atoms. The fourth-order valence-electron chi connectivity index (χ4n) is 3.68. The molecule has 1 aliphatic rings. The van der Waals surface area contributed by atoms with Gasteiger partial charge in [0.05, 0.1) is 5.39 Å². The third-order valence-corrected chi connectivity index (χ3v) is 5.21. The smallest absolute Gasteiger partial charge is 0.169 e. The lowest BCUT2D eigenvalue weighted by molar-refractivity contribution is 0.313. The standard InChI is InChI=1S/C19H21F3/c1-3-12-5-8-13(9-6-12)15-10-14-7-4-11(2)17(20)16(14)19(22)18(15)21/h4,7,10,12-13H,3,5-6,8-9H2,1-2H3. The van der Waals surface area contributed by atoms with Gasteiger partial charge in [0.2, 0.25) is 0 Å². The quantitative estimate of drug-likeness (QED) is 0.615. The molecule has 1 aliphatic carbocycles. The van der Waals surface area contributed by atoms with Gasteiger partial charge in [-0.3, -0.25) is 0 Å². The van der Waals surface area contributed by atoms with Gasteiger partial charge in [0.15, 0.2) is 11.6 Å². The van der Waals surface area contributed by atoms with Crippen LogP contribution in [-0.4, -0.2) is 0 Å². The average molecular weight is 306 g/mol. The SMILES string of the molecule is CCC1CCC(c2cc3ccc(C)c(F)c3c(F)c2F)CC1. The first-order valence-electron chi connectivity index (χ1n) is 8.09. The van der Waals surface area contributed by atoms with E-state index < -0.39 is 17.5 Å². The second-order valence-electron chi connectivity index (χ2n) is 6.51. The highest BCUT2D eigenvalue weighted by atomic mass is 19.2. The van der Waals surface area contributed by atoms with Crippen LogP contribution in [-0.2, 0) is 0 Å². The summed E-state index contributed by atoms with van der Waals surface area (Å²) in [4.78, 5) is 0. The van der Waals surface area contributed by atoms with Crippen molar-refractivity contribution in [3.05, 3.63) is 46.8 Å². The van der Waals surface area contributed by atoms with E-state index in [1.54, 1.807) is 25.1 Å². The van der Waals surface area contributed by atoms with Crippen LogP contribution in [0.25, 0.3) is 10.8 Å². The predicted molar refractivity (Wildman–Crippen MR) is 83.5 cm³/mol. The molecular weight excluding hydrogens is 285 g/mol. The van der Waals surface area contributed by atoms with Crippen molar-refractivity contribution in [2.75, 3.05) is 0 Å². The van der Waals surface area contributed by atoms with Crippen molar-refractivity contribution in [3.63, 3.8) is 0 Å². The summed E-state index contributed by atoms with van der Waals surface area (Å²) in [5, 5.41) is 0.234. The van der Waals surface area contributed by atoms with Gasteiger partial charge in [0, 0.05) is 0 Å². The zero-order valence-electron chi connectivity index (χ0n) is 13.1. The van der Waals surface area contributed by atoms with Crippen molar-refractivity contribution >= 4 is 10.8 Å². The van der Waals surface area contributed by atoms with Crippen LogP contribution in [0.4, 0.5) is 13.2 Å². The fraction of sp³-hybridized carbons (Fsp3) is 0.474. The largest absolute Gasteiger partial charge is 0.206 e. The third-order valence-electron chi connectivity index (χ3n) is 5.21.